The number of para-hydroxylation sites is 1. The van der Waals surface area contributed by atoms with Crippen molar-refractivity contribution in [3.63, 3.8) is 0 Å². The molecule has 0 saturated heterocycles. The zero-order valence-corrected chi connectivity index (χ0v) is 20.9. The molecular weight excluding hydrogens is 538 g/mol. The number of nitrogens with zero attached hydrogens (tertiary/aromatic N) is 2. The first-order valence-electron chi connectivity index (χ1n) is 12.3. The topological polar surface area (TPSA) is 87.2 Å². The Kier molecular flexibility index (Phi) is 8.55. The number of halogens is 6. The summed E-state index contributed by atoms with van der Waals surface area (Å²) in [5.74, 6) is -0.428. The van der Waals surface area contributed by atoms with E-state index in [4.69, 9.17) is 0 Å². The number of benzene rings is 2. The number of aryl methyl sites for hydroxylation is 1. The molecule has 2 atom stereocenters. The Morgan fingerprint density at radius 1 is 0.925 bits per heavy atom. The van der Waals surface area contributed by atoms with Gasteiger partial charge in [0.15, 0.2) is 0 Å². The van der Waals surface area contributed by atoms with Crippen molar-refractivity contribution in [1.82, 2.24) is 15.3 Å². The molecule has 6 nitrogen and oxygen atoms in total. The molecule has 2 aromatic carbocycles. The minimum atomic E-state index is -4.99. The average Bonchev–Trinajstić information content (AvgIpc) is 3.31. The summed E-state index contributed by atoms with van der Waals surface area (Å²) in [6.07, 6.45) is -5.58. The van der Waals surface area contributed by atoms with E-state index >= 15 is 0 Å². The van der Waals surface area contributed by atoms with Crippen LogP contribution in [0.2, 0.25) is 0 Å². The molecule has 210 valence electrons. The van der Waals surface area contributed by atoms with E-state index in [1.807, 2.05) is 24.3 Å². The highest BCUT2D eigenvalue weighted by Gasteiger charge is 2.37. The molecule has 0 aliphatic heterocycles. The van der Waals surface area contributed by atoms with Gasteiger partial charge < -0.3 is 10.3 Å². The standard InChI is InChI=1S/C28H24F6N4O2/c29-27(30,31)20-11-18(12-21(15-20)28(32,33)34)5-6-24(38-40)25(37-26(39)13-17-7-9-35-10-8-17)14-19-16-36-23-4-2-1-3-22(19)23/h1-4,7-12,15-16,24-25,36H,5-6,13-14H2,(H,37,39). The van der Waals surface area contributed by atoms with Gasteiger partial charge in [-0.05, 0) is 72.4 Å². The van der Waals surface area contributed by atoms with E-state index in [0.717, 1.165) is 16.5 Å². The van der Waals surface area contributed by atoms with Crippen LogP contribution in [0.4, 0.5) is 26.3 Å². The number of amides is 1. The molecule has 0 fully saturated rings. The predicted molar refractivity (Wildman–Crippen MR) is 136 cm³/mol. The lowest BCUT2D eigenvalue weighted by Gasteiger charge is -2.24. The lowest BCUT2D eigenvalue weighted by Crippen LogP contribution is -2.44. The number of rotatable bonds is 10. The summed E-state index contributed by atoms with van der Waals surface area (Å²) in [7, 11) is 0. The fourth-order valence-electron chi connectivity index (χ4n) is 4.57. The van der Waals surface area contributed by atoms with E-state index in [0.29, 0.717) is 17.7 Å². The molecule has 2 unspecified atom stereocenters. The van der Waals surface area contributed by atoms with Gasteiger partial charge in [0.2, 0.25) is 5.91 Å². The molecule has 4 aromatic rings. The van der Waals surface area contributed by atoms with Gasteiger partial charge in [-0.1, -0.05) is 23.4 Å². The van der Waals surface area contributed by atoms with Crippen LogP contribution in [0, 0.1) is 4.91 Å². The fraction of sp³-hybridized carbons (Fsp3) is 0.286. The Morgan fingerprint density at radius 2 is 1.57 bits per heavy atom. The van der Waals surface area contributed by atoms with E-state index in [9.17, 15) is 36.0 Å². The van der Waals surface area contributed by atoms with Crippen molar-refractivity contribution < 1.29 is 31.1 Å². The Balaban J connectivity index is 1.59. The van der Waals surface area contributed by atoms with Crippen LogP contribution in [0.1, 0.15) is 34.2 Å². The van der Waals surface area contributed by atoms with Crippen molar-refractivity contribution >= 4 is 16.8 Å². The summed E-state index contributed by atoms with van der Waals surface area (Å²) in [6.45, 7) is 0. The number of carbonyl (C=O) groups excluding carboxylic acids is 1. The summed E-state index contributed by atoms with van der Waals surface area (Å²) < 4.78 is 79.8. The van der Waals surface area contributed by atoms with Gasteiger partial charge in [0.05, 0.1) is 23.6 Å². The monoisotopic (exact) mass is 562 g/mol. The van der Waals surface area contributed by atoms with Crippen LogP contribution >= 0.6 is 0 Å². The number of nitroso groups, excluding NO2 is 1. The van der Waals surface area contributed by atoms with Crippen LogP contribution < -0.4 is 5.32 Å². The predicted octanol–water partition coefficient (Wildman–Crippen LogP) is 6.64. The number of hydrogen-bond acceptors (Lipinski definition) is 4. The van der Waals surface area contributed by atoms with E-state index < -0.39 is 41.5 Å². The largest absolute Gasteiger partial charge is 0.416 e. The second-order valence-electron chi connectivity index (χ2n) is 9.40. The van der Waals surface area contributed by atoms with Crippen molar-refractivity contribution in [2.75, 3.05) is 0 Å². The molecule has 40 heavy (non-hydrogen) atoms. The summed E-state index contributed by atoms with van der Waals surface area (Å²) in [6, 6.07) is 9.94. The molecule has 12 heteroatoms. The van der Waals surface area contributed by atoms with Crippen LogP contribution in [0.15, 0.2) is 78.4 Å². The minimum absolute atomic E-state index is 0.0267. The molecule has 0 saturated carbocycles. The van der Waals surface area contributed by atoms with Gasteiger partial charge >= 0.3 is 12.4 Å². The summed E-state index contributed by atoms with van der Waals surface area (Å²) in [5, 5.41) is 6.78. The number of carbonyl (C=O) groups is 1. The third-order valence-corrected chi connectivity index (χ3v) is 6.55. The third-order valence-electron chi connectivity index (χ3n) is 6.55. The molecule has 0 spiro atoms. The smallest absolute Gasteiger partial charge is 0.361 e. The maximum Gasteiger partial charge on any atom is 0.416 e. The zero-order valence-electron chi connectivity index (χ0n) is 20.9. The summed E-state index contributed by atoms with van der Waals surface area (Å²) in [5.41, 5.74) is -0.874. The maximum absolute atomic E-state index is 13.3. The Bertz CT molecular complexity index is 1430. The number of H-pyrrole nitrogens is 1. The third kappa shape index (κ3) is 7.25. The van der Waals surface area contributed by atoms with Crippen LogP contribution in [0.25, 0.3) is 10.9 Å². The molecular formula is C28H24F6N4O2. The van der Waals surface area contributed by atoms with Gasteiger partial charge in [-0.3, -0.25) is 9.78 Å². The Morgan fingerprint density at radius 3 is 2.20 bits per heavy atom. The quantitative estimate of drug-likeness (QED) is 0.168. The number of alkyl halides is 6. The zero-order chi connectivity index (χ0) is 28.9. The number of aromatic amines is 1. The van der Waals surface area contributed by atoms with Gasteiger partial charge in [-0.25, -0.2) is 0 Å². The Hall–Kier alpha value is -4.22. The normalized spacial score (nSPS) is 13.7. The second-order valence-corrected chi connectivity index (χ2v) is 9.40. The lowest BCUT2D eigenvalue weighted by atomic mass is 9.93. The van der Waals surface area contributed by atoms with Crippen LogP contribution in [-0.2, 0) is 36.4 Å². The summed E-state index contributed by atoms with van der Waals surface area (Å²) in [4.78, 5) is 31.9. The van der Waals surface area contributed by atoms with E-state index in [2.05, 4.69) is 20.5 Å². The number of pyridine rings is 1. The average molecular weight is 563 g/mol. The number of fused-ring (bicyclic) bond motifs is 1. The lowest BCUT2D eigenvalue weighted by molar-refractivity contribution is -0.143. The first kappa shape index (κ1) is 28.8. The van der Waals surface area contributed by atoms with Gasteiger partial charge in [0, 0.05) is 29.5 Å². The number of hydrogen-bond donors (Lipinski definition) is 2. The molecule has 1 amide bonds. The second kappa shape index (κ2) is 11.9. The highest BCUT2D eigenvalue weighted by atomic mass is 19.4. The molecule has 2 heterocycles. The first-order chi connectivity index (χ1) is 18.9. The first-order valence-corrected chi connectivity index (χ1v) is 12.3. The highest BCUT2D eigenvalue weighted by Crippen LogP contribution is 2.36. The van der Waals surface area contributed by atoms with Gasteiger partial charge in [-0.15, -0.1) is 0 Å². The van der Waals surface area contributed by atoms with Gasteiger partial charge in [0.1, 0.15) is 6.04 Å². The molecule has 2 N–H and O–H groups in total. The molecule has 2 aromatic heterocycles. The van der Waals surface area contributed by atoms with Crippen LogP contribution in [0.3, 0.4) is 0 Å². The van der Waals surface area contributed by atoms with Crippen LogP contribution in [0.5, 0.6) is 0 Å². The van der Waals surface area contributed by atoms with Gasteiger partial charge in [-0.2, -0.15) is 31.2 Å². The number of aromatic nitrogens is 2. The molecule has 0 aliphatic rings. The molecule has 4 rings (SSSR count). The highest BCUT2D eigenvalue weighted by molar-refractivity contribution is 5.83. The van der Waals surface area contributed by atoms with Gasteiger partial charge in [0.25, 0.3) is 0 Å². The summed E-state index contributed by atoms with van der Waals surface area (Å²) >= 11 is 0. The minimum Gasteiger partial charge on any atom is -0.361 e. The van der Waals surface area contributed by atoms with Crippen LogP contribution in [-0.4, -0.2) is 28.0 Å². The van der Waals surface area contributed by atoms with E-state index in [-0.39, 0.29) is 37.3 Å². The maximum atomic E-state index is 13.3. The fourth-order valence-corrected chi connectivity index (χ4v) is 4.57. The van der Waals surface area contributed by atoms with Crippen molar-refractivity contribution in [1.29, 1.82) is 0 Å². The van der Waals surface area contributed by atoms with E-state index in [1.165, 1.54) is 12.4 Å². The molecule has 0 radical (unpaired) electrons. The van der Waals surface area contributed by atoms with Crippen molar-refractivity contribution in [2.45, 2.75) is 50.1 Å². The molecule has 0 bridgehead atoms. The number of nitrogens with one attached hydrogen (secondary N) is 2. The SMILES string of the molecule is O=NC(CCc1cc(C(F)(F)F)cc(C(F)(F)F)c1)C(Cc1c[nH]c2ccccc12)NC(=O)Cc1ccncc1. The van der Waals surface area contributed by atoms with Crippen molar-refractivity contribution in [2.24, 2.45) is 5.18 Å². The molecule has 0 aliphatic carbocycles. The Labute approximate surface area is 224 Å². The van der Waals surface area contributed by atoms with Crippen molar-refractivity contribution in [3.8, 4) is 0 Å². The van der Waals surface area contributed by atoms with E-state index in [1.54, 1.807) is 18.3 Å². The van der Waals surface area contributed by atoms with Crippen molar-refractivity contribution in [3.05, 3.63) is 106 Å².